The lowest BCUT2D eigenvalue weighted by Gasteiger charge is -2.18. The lowest BCUT2D eigenvalue weighted by atomic mass is 10.2. The van der Waals surface area contributed by atoms with Gasteiger partial charge in [0, 0.05) is 0 Å². The van der Waals surface area contributed by atoms with Gasteiger partial charge in [-0.1, -0.05) is 0 Å². The Balaban J connectivity index is 3.23. The molecule has 0 unspecified atom stereocenters. The fourth-order valence-electron chi connectivity index (χ4n) is 1.45. The molecular formula is C11H14FNO6S. The molecule has 7 nitrogen and oxygen atoms in total. The highest BCUT2D eigenvalue weighted by molar-refractivity contribution is 7.89. The third-order valence-corrected chi connectivity index (χ3v) is 3.91. The van der Waals surface area contributed by atoms with Gasteiger partial charge in [-0.15, -0.1) is 0 Å². The van der Waals surface area contributed by atoms with E-state index < -0.39 is 38.9 Å². The van der Waals surface area contributed by atoms with Crippen LogP contribution in [0.5, 0.6) is 5.75 Å². The summed E-state index contributed by atoms with van der Waals surface area (Å²) in [7, 11) is -3.18. The van der Waals surface area contributed by atoms with E-state index in [1.807, 2.05) is 0 Å². The van der Waals surface area contributed by atoms with Gasteiger partial charge in [0.25, 0.3) is 0 Å². The van der Waals surface area contributed by atoms with Crippen LogP contribution in [0.4, 0.5) is 4.39 Å². The van der Waals surface area contributed by atoms with Crippen LogP contribution >= 0.6 is 0 Å². The third-order valence-electron chi connectivity index (χ3n) is 2.45. The van der Waals surface area contributed by atoms with Gasteiger partial charge in [-0.25, -0.2) is 12.8 Å². The number of rotatable bonds is 6. The minimum atomic E-state index is -4.37. The first-order valence-corrected chi connectivity index (χ1v) is 6.94. The fraction of sp³-hybridized carbons (Fsp3) is 0.364. The van der Waals surface area contributed by atoms with Crippen LogP contribution in [0.2, 0.25) is 0 Å². The molecule has 0 heterocycles. The normalized spacial score (nSPS) is 14.6. The Morgan fingerprint density at radius 1 is 1.45 bits per heavy atom. The summed E-state index contributed by atoms with van der Waals surface area (Å²) in [6.45, 7) is 1.12. The highest BCUT2D eigenvalue weighted by atomic mass is 32.2. The molecule has 112 valence electrons. The van der Waals surface area contributed by atoms with Crippen molar-refractivity contribution in [3.8, 4) is 5.75 Å². The Bertz CT molecular complexity index is 601. The van der Waals surface area contributed by atoms with Gasteiger partial charge in [-0.3, -0.25) is 4.79 Å². The van der Waals surface area contributed by atoms with Crippen molar-refractivity contribution in [1.29, 1.82) is 0 Å². The van der Waals surface area contributed by atoms with Crippen molar-refractivity contribution in [2.24, 2.45) is 0 Å². The SMILES string of the molecule is COc1ccc(F)cc1S(=O)(=O)N[C@H](C(=O)O)[C@H](C)O. The monoisotopic (exact) mass is 307 g/mol. The Labute approximate surface area is 115 Å². The molecular weight excluding hydrogens is 293 g/mol. The molecule has 9 heteroatoms. The van der Waals surface area contributed by atoms with Crippen molar-refractivity contribution >= 4 is 16.0 Å². The van der Waals surface area contributed by atoms with Gasteiger partial charge >= 0.3 is 5.97 Å². The van der Waals surface area contributed by atoms with Crippen LogP contribution in [0.1, 0.15) is 6.92 Å². The van der Waals surface area contributed by atoms with Crippen LogP contribution in [-0.4, -0.2) is 43.9 Å². The summed E-state index contributed by atoms with van der Waals surface area (Å²) in [4.78, 5) is 10.3. The zero-order chi connectivity index (χ0) is 15.5. The van der Waals surface area contributed by atoms with Gasteiger partial charge in [0.05, 0.1) is 13.2 Å². The molecule has 0 aromatic heterocycles. The van der Waals surface area contributed by atoms with Crippen molar-refractivity contribution in [1.82, 2.24) is 4.72 Å². The molecule has 20 heavy (non-hydrogen) atoms. The van der Waals surface area contributed by atoms with Crippen molar-refractivity contribution in [2.75, 3.05) is 7.11 Å². The first kappa shape index (κ1) is 16.3. The average molecular weight is 307 g/mol. The second kappa shape index (κ2) is 6.16. The van der Waals surface area contributed by atoms with Gasteiger partial charge in [-0.05, 0) is 25.1 Å². The van der Waals surface area contributed by atoms with Gasteiger partial charge in [0.1, 0.15) is 22.5 Å². The predicted molar refractivity (Wildman–Crippen MR) is 66.4 cm³/mol. The lowest BCUT2D eigenvalue weighted by Crippen LogP contribution is -2.47. The van der Waals surface area contributed by atoms with E-state index in [-0.39, 0.29) is 5.75 Å². The molecule has 0 fully saturated rings. The van der Waals surface area contributed by atoms with E-state index in [9.17, 15) is 22.7 Å². The molecule has 0 amide bonds. The number of sulfonamides is 1. The zero-order valence-electron chi connectivity index (χ0n) is 10.7. The molecule has 3 N–H and O–H groups in total. The minimum Gasteiger partial charge on any atom is -0.495 e. The van der Waals surface area contributed by atoms with Crippen LogP contribution in [-0.2, 0) is 14.8 Å². The van der Waals surface area contributed by atoms with Crippen molar-refractivity contribution in [3.63, 3.8) is 0 Å². The second-order valence-corrected chi connectivity index (χ2v) is 5.66. The van der Waals surface area contributed by atoms with Gasteiger partial charge < -0.3 is 14.9 Å². The molecule has 0 saturated heterocycles. The van der Waals surface area contributed by atoms with Crippen molar-refractivity contribution < 1.29 is 32.6 Å². The Kier molecular flexibility index (Phi) is 5.03. The molecule has 0 aliphatic rings. The summed E-state index contributed by atoms with van der Waals surface area (Å²) in [5, 5.41) is 18.1. The molecule has 1 aromatic rings. The quantitative estimate of drug-likeness (QED) is 0.679. The van der Waals surface area contributed by atoms with Crippen LogP contribution in [0.15, 0.2) is 23.1 Å². The van der Waals surface area contributed by atoms with Gasteiger partial charge in [0.15, 0.2) is 0 Å². The summed E-state index contributed by atoms with van der Waals surface area (Å²) in [6, 6.07) is 1.04. The van der Waals surface area contributed by atoms with E-state index in [1.165, 1.54) is 7.11 Å². The van der Waals surface area contributed by atoms with E-state index in [2.05, 4.69) is 0 Å². The molecule has 0 radical (unpaired) electrons. The molecule has 2 atom stereocenters. The smallest absolute Gasteiger partial charge is 0.324 e. The van der Waals surface area contributed by atoms with Crippen LogP contribution in [0, 0.1) is 5.82 Å². The summed E-state index contributed by atoms with van der Waals surface area (Å²) in [5.41, 5.74) is 0. The number of hydrogen-bond acceptors (Lipinski definition) is 5. The van der Waals surface area contributed by atoms with E-state index >= 15 is 0 Å². The zero-order valence-corrected chi connectivity index (χ0v) is 11.5. The first-order chi connectivity index (χ1) is 9.19. The number of hydrogen-bond donors (Lipinski definition) is 3. The predicted octanol–water partition coefficient (Wildman–Crippen LogP) is -0.0534. The van der Waals surface area contributed by atoms with E-state index in [0.717, 1.165) is 19.1 Å². The minimum absolute atomic E-state index is 0.145. The number of ether oxygens (including phenoxy) is 1. The number of aliphatic hydroxyl groups excluding tert-OH is 1. The van der Waals surface area contributed by atoms with E-state index in [0.29, 0.717) is 6.07 Å². The lowest BCUT2D eigenvalue weighted by molar-refractivity contribution is -0.141. The summed E-state index contributed by atoms with van der Waals surface area (Å²) >= 11 is 0. The largest absolute Gasteiger partial charge is 0.495 e. The van der Waals surface area contributed by atoms with Crippen LogP contribution < -0.4 is 9.46 Å². The Morgan fingerprint density at radius 3 is 2.50 bits per heavy atom. The van der Waals surface area contributed by atoms with E-state index in [4.69, 9.17) is 9.84 Å². The summed E-state index contributed by atoms with van der Waals surface area (Å²) < 4.78 is 43.8. The number of carboxylic acids is 1. The average Bonchev–Trinajstić information content (AvgIpc) is 2.35. The number of carboxylic acid groups (broad SMARTS) is 1. The highest BCUT2D eigenvalue weighted by Gasteiger charge is 2.31. The second-order valence-electron chi connectivity index (χ2n) is 3.97. The molecule has 1 aromatic carbocycles. The van der Waals surface area contributed by atoms with Crippen LogP contribution in [0.3, 0.4) is 0 Å². The maximum atomic E-state index is 13.2. The Hall–Kier alpha value is -1.71. The summed E-state index contributed by atoms with van der Waals surface area (Å²) in [6.07, 6.45) is -1.47. The maximum absolute atomic E-state index is 13.2. The third kappa shape index (κ3) is 3.65. The number of aliphatic carboxylic acids is 1. The topological polar surface area (TPSA) is 113 Å². The molecule has 0 aliphatic carbocycles. The number of halogens is 1. The number of methoxy groups -OCH3 is 1. The maximum Gasteiger partial charge on any atom is 0.324 e. The number of aliphatic hydroxyl groups is 1. The summed E-state index contributed by atoms with van der Waals surface area (Å²) in [5.74, 6) is -2.53. The number of nitrogens with one attached hydrogen (secondary N) is 1. The molecule has 0 bridgehead atoms. The van der Waals surface area contributed by atoms with Crippen molar-refractivity contribution in [2.45, 2.75) is 24.0 Å². The molecule has 0 spiro atoms. The number of benzene rings is 1. The first-order valence-electron chi connectivity index (χ1n) is 5.45. The van der Waals surface area contributed by atoms with Crippen LogP contribution in [0.25, 0.3) is 0 Å². The Morgan fingerprint density at radius 2 is 2.05 bits per heavy atom. The molecule has 1 rings (SSSR count). The van der Waals surface area contributed by atoms with Crippen molar-refractivity contribution in [3.05, 3.63) is 24.0 Å². The highest BCUT2D eigenvalue weighted by Crippen LogP contribution is 2.24. The van der Waals surface area contributed by atoms with E-state index in [1.54, 1.807) is 4.72 Å². The molecule has 0 saturated carbocycles. The van der Waals surface area contributed by atoms with Gasteiger partial charge in [-0.2, -0.15) is 4.72 Å². The number of carbonyl (C=O) groups is 1. The standard InChI is InChI=1S/C11H14FNO6S/c1-6(14)10(11(15)16)13-20(17,18)9-5-7(12)3-4-8(9)19-2/h3-6,10,13-14H,1-2H3,(H,15,16)/t6-,10-/m0/s1. The molecule has 0 aliphatic heterocycles. The van der Waals surface area contributed by atoms with Gasteiger partial charge in [0.2, 0.25) is 10.0 Å². The fourth-order valence-corrected chi connectivity index (χ4v) is 2.89.